The number of unbranched alkanes of at least 4 members (excludes halogenated alkanes) is 5. The van der Waals surface area contributed by atoms with Gasteiger partial charge < -0.3 is 24.3 Å². The number of ether oxygens (including phenoxy) is 4. The summed E-state index contributed by atoms with van der Waals surface area (Å²) in [7, 11) is 1.27. The lowest BCUT2D eigenvalue weighted by atomic mass is 10.00. The molecule has 1 heterocycles. The maximum absolute atomic E-state index is 13.1. The van der Waals surface area contributed by atoms with Crippen LogP contribution in [0.5, 0.6) is 5.75 Å². The van der Waals surface area contributed by atoms with Gasteiger partial charge in [0.2, 0.25) is 0 Å². The highest BCUT2D eigenvalue weighted by molar-refractivity contribution is 6.17. The van der Waals surface area contributed by atoms with Gasteiger partial charge in [0.05, 0.1) is 26.0 Å². The smallest absolute Gasteiger partial charge is 0.422 e. The molecule has 0 radical (unpaired) electrons. The fraction of sp³-hybridized carbons (Fsp3) is 0.697. The molecule has 14 heteroatoms. The Labute approximate surface area is 281 Å². The number of methoxy groups -OCH3 is 1. The molecular formula is C33H51ClF3N5O5. The Hall–Kier alpha value is -2.90. The number of rotatable bonds is 19. The van der Waals surface area contributed by atoms with Gasteiger partial charge in [-0.1, -0.05) is 32.6 Å². The van der Waals surface area contributed by atoms with E-state index in [4.69, 9.17) is 30.5 Å². The van der Waals surface area contributed by atoms with E-state index in [1.807, 2.05) is 27.7 Å². The van der Waals surface area contributed by atoms with Gasteiger partial charge in [0.1, 0.15) is 23.0 Å². The lowest BCUT2D eigenvalue weighted by Gasteiger charge is -2.19. The number of carbonyl (C=O) groups is 1. The first-order chi connectivity index (χ1) is 22.3. The molecule has 10 nitrogen and oxygen atoms in total. The Morgan fingerprint density at radius 1 is 1.04 bits per heavy atom. The number of esters is 1. The monoisotopic (exact) mass is 689 g/mol. The molecule has 0 saturated heterocycles. The van der Waals surface area contributed by atoms with Crippen LogP contribution in [0.15, 0.2) is 33.2 Å². The first-order valence-electron chi connectivity index (χ1n) is 16.3. The first kappa shape index (κ1) is 40.3. The van der Waals surface area contributed by atoms with Crippen LogP contribution in [-0.2, 0) is 14.2 Å². The van der Waals surface area contributed by atoms with Crippen LogP contribution >= 0.6 is 11.6 Å². The van der Waals surface area contributed by atoms with Crippen molar-refractivity contribution < 1.29 is 36.9 Å². The molecule has 0 amide bonds. The van der Waals surface area contributed by atoms with Gasteiger partial charge in [-0.05, 0) is 65.1 Å². The zero-order valence-corrected chi connectivity index (χ0v) is 29.1. The van der Waals surface area contributed by atoms with Crippen molar-refractivity contribution >= 4 is 41.0 Å². The Balaban J connectivity index is 2.03. The number of anilines is 1. The second kappa shape index (κ2) is 21.1. The van der Waals surface area contributed by atoms with Crippen molar-refractivity contribution in [2.24, 2.45) is 20.9 Å². The standard InChI is InChI=1S/C33H51ClF3N5O5/c1-6-24-20-28(39-18-12-10-8-7-9-11-17-38-23-47-32(2,3)4)41-31(46-22-33(35,36)37)42-29(24)40-25-14-15-26(30(43)44-5)27(21-25)45-19-13-16-34/h14-15,21,24,38H,6-13,16-20,22-23H2,1-5H3,(H,39,40,41,42). The van der Waals surface area contributed by atoms with Crippen LogP contribution in [0.25, 0.3) is 0 Å². The third-order valence-corrected chi connectivity index (χ3v) is 7.24. The summed E-state index contributed by atoms with van der Waals surface area (Å²) < 4.78 is 60.4. The van der Waals surface area contributed by atoms with E-state index >= 15 is 0 Å². The largest absolute Gasteiger partial charge is 0.493 e. The average Bonchev–Trinajstić information content (AvgIpc) is 3.18. The van der Waals surface area contributed by atoms with E-state index in [0.717, 1.165) is 45.1 Å². The molecule has 2 N–H and O–H groups in total. The van der Waals surface area contributed by atoms with Gasteiger partial charge in [0.15, 0.2) is 6.61 Å². The summed E-state index contributed by atoms with van der Waals surface area (Å²) in [4.78, 5) is 25.5. The SMILES string of the molecule is CCC1CC(=NCCCCCCCCNCOC(C)(C)C)N=C(OCC(F)(F)F)N=C1Nc1ccc(C(=O)OC)c(OCCCCl)c1. The van der Waals surface area contributed by atoms with Crippen LogP contribution in [0.3, 0.4) is 0 Å². The molecular weight excluding hydrogens is 639 g/mol. The fourth-order valence-corrected chi connectivity index (χ4v) is 4.58. The number of halogens is 4. The Kier molecular flexibility index (Phi) is 18.1. The molecule has 1 aliphatic rings. The highest BCUT2D eigenvalue weighted by Crippen LogP contribution is 2.27. The first-order valence-corrected chi connectivity index (χ1v) is 16.8. The van der Waals surface area contributed by atoms with Gasteiger partial charge in [-0.3, -0.25) is 10.3 Å². The van der Waals surface area contributed by atoms with E-state index in [2.05, 4.69) is 25.6 Å². The second-order valence-electron chi connectivity index (χ2n) is 12.1. The lowest BCUT2D eigenvalue weighted by molar-refractivity contribution is -0.156. The summed E-state index contributed by atoms with van der Waals surface area (Å²) >= 11 is 5.77. The van der Waals surface area contributed by atoms with Crippen LogP contribution < -0.4 is 15.4 Å². The highest BCUT2D eigenvalue weighted by atomic mass is 35.5. The molecule has 1 unspecified atom stereocenters. The summed E-state index contributed by atoms with van der Waals surface area (Å²) in [5, 5.41) is 6.48. The molecule has 0 saturated carbocycles. The molecule has 2 rings (SSSR count). The summed E-state index contributed by atoms with van der Waals surface area (Å²) in [5.74, 6) is 0.631. The van der Waals surface area contributed by atoms with Crippen molar-refractivity contribution in [3.05, 3.63) is 23.8 Å². The van der Waals surface area contributed by atoms with Crippen molar-refractivity contribution in [1.82, 2.24) is 5.32 Å². The quantitative estimate of drug-likeness (QED) is 0.0660. The Morgan fingerprint density at radius 2 is 1.77 bits per heavy atom. The second-order valence-corrected chi connectivity index (χ2v) is 12.5. The van der Waals surface area contributed by atoms with Gasteiger partial charge in [-0.15, -0.1) is 11.6 Å². The molecule has 47 heavy (non-hydrogen) atoms. The van der Waals surface area contributed by atoms with Gasteiger partial charge in [-0.25, -0.2) is 4.79 Å². The maximum Gasteiger partial charge on any atom is 0.422 e. The number of alkyl halides is 4. The van der Waals surface area contributed by atoms with E-state index in [1.165, 1.54) is 7.11 Å². The number of aliphatic imine (C=N–C) groups is 3. The van der Waals surface area contributed by atoms with Crippen molar-refractivity contribution in [3.63, 3.8) is 0 Å². The zero-order valence-electron chi connectivity index (χ0n) is 28.3. The molecule has 0 bridgehead atoms. The fourth-order valence-electron chi connectivity index (χ4n) is 4.47. The molecule has 0 aromatic heterocycles. The van der Waals surface area contributed by atoms with Crippen molar-refractivity contribution in [2.75, 3.05) is 51.3 Å². The average molecular weight is 690 g/mol. The molecule has 0 aliphatic carbocycles. The molecule has 1 aliphatic heterocycles. The van der Waals surface area contributed by atoms with Crippen LogP contribution in [0.2, 0.25) is 0 Å². The van der Waals surface area contributed by atoms with Crippen molar-refractivity contribution in [2.45, 2.75) is 97.3 Å². The number of nitrogens with zero attached hydrogens (tertiary/aromatic N) is 3. The number of hydrogen-bond donors (Lipinski definition) is 2. The molecule has 1 aromatic carbocycles. The number of amidine groups is 3. The Bertz CT molecular complexity index is 1190. The van der Waals surface area contributed by atoms with Crippen molar-refractivity contribution in [3.8, 4) is 5.75 Å². The van der Waals surface area contributed by atoms with Crippen LogP contribution in [0, 0.1) is 5.92 Å². The van der Waals surface area contributed by atoms with E-state index in [9.17, 15) is 18.0 Å². The third kappa shape index (κ3) is 17.2. The van der Waals surface area contributed by atoms with E-state index < -0.39 is 24.8 Å². The Morgan fingerprint density at radius 3 is 2.43 bits per heavy atom. The number of benzene rings is 1. The number of carbonyl (C=O) groups excluding carboxylic acids is 1. The summed E-state index contributed by atoms with van der Waals surface area (Å²) in [6.45, 7) is 8.76. The predicted octanol–water partition coefficient (Wildman–Crippen LogP) is 7.76. The molecule has 1 aromatic rings. The minimum absolute atomic E-state index is 0.148. The lowest BCUT2D eigenvalue weighted by Crippen LogP contribution is -2.28. The third-order valence-electron chi connectivity index (χ3n) is 6.97. The predicted molar refractivity (Wildman–Crippen MR) is 181 cm³/mol. The van der Waals surface area contributed by atoms with Gasteiger partial charge in [-0.2, -0.15) is 23.2 Å². The van der Waals surface area contributed by atoms with E-state index in [0.29, 0.717) is 55.8 Å². The minimum Gasteiger partial charge on any atom is -0.493 e. The van der Waals surface area contributed by atoms with Crippen molar-refractivity contribution in [1.29, 1.82) is 0 Å². The summed E-state index contributed by atoms with van der Waals surface area (Å²) in [5.41, 5.74) is 0.595. The van der Waals surface area contributed by atoms with Gasteiger partial charge >= 0.3 is 18.2 Å². The molecule has 0 fully saturated rings. The molecule has 266 valence electrons. The minimum atomic E-state index is -4.56. The van der Waals surface area contributed by atoms with Crippen LogP contribution in [0.4, 0.5) is 18.9 Å². The van der Waals surface area contributed by atoms with E-state index in [1.54, 1.807) is 18.2 Å². The summed E-state index contributed by atoms with van der Waals surface area (Å²) in [6.07, 6.45) is 3.23. The topological polar surface area (TPSA) is 115 Å². The highest BCUT2D eigenvalue weighted by Gasteiger charge is 2.31. The maximum atomic E-state index is 13.1. The van der Waals surface area contributed by atoms with E-state index in [-0.39, 0.29) is 29.4 Å². The van der Waals surface area contributed by atoms with Crippen LogP contribution in [0.1, 0.15) is 95.8 Å². The normalized spacial score (nSPS) is 16.4. The van der Waals surface area contributed by atoms with Gasteiger partial charge in [0, 0.05) is 36.5 Å². The molecule has 1 atom stereocenters. The van der Waals surface area contributed by atoms with Crippen LogP contribution in [-0.4, -0.2) is 81.5 Å². The summed E-state index contributed by atoms with van der Waals surface area (Å²) in [6, 6.07) is 4.39. The van der Waals surface area contributed by atoms with Gasteiger partial charge in [0.25, 0.3) is 0 Å². The molecule has 0 spiro atoms. The number of hydrogen-bond acceptors (Lipinski definition) is 9. The zero-order chi connectivity index (χ0) is 34.7. The number of nitrogens with one attached hydrogen (secondary N) is 2.